The molecule has 0 saturated heterocycles. The second-order valence-corrected chi connectivity index (χ2v) is 15.6. The van der Waals surface area contributed by atoms with Crippen LogP contribution in [0.25, 0.3) is 33.4 Å². The number of halogens is 6. The minimum atomic E-state index is -5.28. The molecule has 2 aliphatic rings. The van der Waals surface area contributed by atoms with Gasteiger partial charge in [0.25, 0.3) is 0 Å². The van der Waals surface area contributed by atoms with Gasteiger partial charge in [-0.25, -0.2) is 16.8 Å². The van der Waals surface area contributed by atoms with Crippen LogP contribution in [0.15, 0.2) is 140 Å². The Bertz CT molecular complexity index is 2550. The van der Waals surface area contributed by atoms with E-state index < -0.39 is 64.1 Å². The van der Waals surface area contributed by atoms with Gasteiger partial charge < -0.3 is 0 Å². The molecule has 0 radical (unpaired) electrons. The highest BCUT2D eigenvalue weighted by Gasteiger charge is 2.44. The Morgan fingerprint density at radius 1 is 0.423 bits per heavy atom. The number of hydrogen-bond donors (Lipinski definition) is 0. The molecule has 0 spiro atoms. The normalized spacial score (nSPS) is 15.5. The Kier molecular flexibility index (Phi) is 7.83. The van der Waals surface area contributed by atoms with Crippen LogP contribution in [-0.2, 0) is 19.7 Å². The first kappa shape index (κ1) is 34.5. The van der Waals surface area contributed by atoms with E-state index in [0.29, 0.717) is 0 Å². The fraction of sp³-hybridized carbons (Fsp3) is 0.0526. The Morgan fingerprint density at radius 2 is 0.750 bits per heavy atom. The van der Waals surface area contributed by atoms with E-state index in [0.717, 1.165) is 30.3 Å². The Balaban J connectivity index is 1.54. The average Bonchev–Trinajstić information content (AvgIpc) is 3.58. The first-order valence-electron chi connectivity index (χ1n) is 15.0. The SMILES string of the molecule is N#C/C(=C1/c2cc(S(=O)(=O)c3ccccc3)ccc2-c2cc3c(cc21)/C(=C(/C#N)C(F)(F)F)c1cc(S(=O)(=O)c2ccccc2)ccc1-3)C(F)(F)F. The molecular formula is C38H18F6N2O4S2. The van der Waals surface area contributed by atoms with Crippen LogP contribution < -0.4 is 0 Å². The van der Waals surface area contributed by atoms with Crippen LogP contribution in [0, 0.1) is 22.7 Å². The van der Waals surface area contributed by atoms with E-state index in [1.54, 1.807) is 12.1 Å². The van der Waals surface area contributed by atoms with Gasteiger partial charge in [-0.1, -0.05) is 48.5 Å². The lowest BCUT2D eigenvalue weighted by Crippen LogP contribution is -2.13. The van der Waals surface area contributed by atoms with Crippen molar-refractivity contribution < 1.29 is 43.2 Å². The van der Waals surface area contributed by atoms with Crippen molar-refractivity contribution in [3.8, 4) is 34.4 Å². The molecular weight excluding hydrogens is 727 g/mol. The van der Waals surface area contributed by atoms with Crippen molar-refractivity contribution in [3.63, 3.8) is 0 Å². The highest BCUT2D eigenvalue weighted by molar-refractivity contribution is 7.91. The molecule has 0 bridgehead atoms. The van der Waals surface area contributed by atoms with Crippen molar-refractivity contribution in [1.29, 1.82) is 10.5 Å². The monoisotopic (exact) mass is 744 g/mol. The van der Waals surface area contributed by atoms with Crippen LogP contribution >= 0.6 is 0 Å². The van der Waals surface area contributed by atoms with Gasteiger partial charge in [-0.05, 0) is 105 Å². The minimum Gasteiger partial charge on any atom is -0.219 e. The molecule has 0 amide bonds. The maximum Gasteiger partial charge on any atom is 0.426 e. The predicted molar refractivity (Wildman–Crippen MR) is 176 cm³/mol. The standard InChI is InChI=1S/C38H18F6N2O4S2/c39-37(40,41)33(19-45)35-29-15-23(51(47,48)21-7-3-1-4-8-21)11-13-25(29)27-17-28-26-14-12-24(52(49,50)22-9-5-2-6-10-22)16-30(26)36(32(28)18-31(27)35)34(20-46)38(42,43)44/h1-18H/b35-33-,36-34+. The number of rotatable bonds is 4. The number of nitriles is 2. The fourth-order valence-corrected chi connectivity index (χ4v) is 9.16. The molecule has 7 rings (SSSR count). The van der Waals surface area contributed by atoms with Gasteiger partial charge in [0.05, 0.1) is 19.6 Å². The molecule has 0 heterocycles. The van der Waals surface area contributed by atoms with Gasteiger partial charge in [0.2, 0.25) is 19.7 Å². The third-order valence-corrected chi connectivity index (χ3v) is 12.4. The first-order chi connectivity index (χ1) is 24.5. The van der Waals surface area contributed by atoms with Gasteiger partial charge in [-0.2, -0.15) is 36.9 Å². The quantitative estimate of drug-likeness (QED) is 0.131. The zero-order valence-corrected chi connectivity index (χ0v) is 27.6. The molecule has 0 fully saturated rings. The number of nitrogens with zero attached hydrogens (tertiary/aromatic N) is 2. The average molecular weight is 745 g/mol. The molecule has 0 aromatic heterocycles. The van der Waals surface area contributed by atoms with E-state index in [-0.39, 0.29) is 54.3 Å². The first-order valence-corrected chi connectivity index (χ1v) is 18.0. The molecule has 0 unspecified atom stereocenters. The number of alkyl halides is 6. The summed E-state index contributed by atoms with van der Waals surface area (Å²) in [5, 5.41) is 19.6. The molecule has 258 valence electrons. The number of hydrogen-bond acceptors (Lipinski definition) is 6. The summed E-state index contributed by atoms with van der Waals surface area (Å²) in [6, 6.07) is 25.6. The maximum absolute atomic E-state index is 14.5. The summed E-state index contributed by atoms with van der Waals surface area (Å²) in [7, 11) is -8.54. The molecule has 0 saturated carbocycles. The van der Waals surface area contributed by atoms with Gasteiger partial charge >= 0.3 is 12.4 Å². The highest BCUT2D eigenvalue weighted by Crippen LogP contribution is 2.56. The molecule has 0 N–H and O–H groups in total. The molecule has 0 atom stereocenters. The summed E-state index contributed by atoms with van der Waals surface area (Å²) < 4.78 is 141. The Labute approximate surface area is 292 Å². The number of benzene rings is 5. The van der Waals surface area contributed by atoms with Crippen molar-refractivity contribution >= 4 is 30.8 Å². The van der Waals surface area contributed by atoms with E-state index >= 15 is 0 Å². The van der Waals surface area contributed by atoms with E-state index in [1.165, 1.54) is 78.9 Å². The molecule has 5 aromatic rings. The van der Waals surface area contributed by atoms with Crippen molar-refractivity contribution in [1.82, 2.24) is 0 Å². The maximum atomic E-state index is 14.5. The summed E-state index contributed by atoms with van der Waals surface area (Å²) in [6.45, 7) is 0. The van der Waals surface area contributed by atoms with Crippen LogP contribution in [0.2, 0.25) is 0 Å². The van der Waals surface area contributed by atoms with Crippen molar-refractivity contribution in [2.75, 3.05) is 0 Å². The predicted octanol–water partition coefficient (Wildman–Crippen LogP) is 9.09. The van der Waals surface area contributed by atoms with Crippen LogP contribution in [-0.4, -0.2) is 29.2 Å². The third kappa shape index (κ3) is 5.30. The Morgan fingerprint density at radius 3 is 1.08 bits per heavy atom. The molecule has 52 heavy (non-hydrogen) atoms. The zero-order chi connectivity index (χ0) is 37.4. The van der Waals surface area contributed by atoms with Gasteiger partial charge in [0.1, 0.15) is 23.3 Å². The largest absolute Gasteiger partial charge is 0.426 e. The van der Waals surface area contributed by atoms with Gasteiger partial charge in [0, 0.05) is 11.1 Å². The van der Waals surface area contributed by atoms with E-state index in [1.807, 2.05) is 0 Å². The van der Waals surface area contributed by atoms with Crippen LogP contribution in [0.4, 0.5) is 26.3 Å². The van der Waals surface area contributed by atoms with Gasteiger partial charge in [-0.15, -0.1) is 0 Å². The summed E-state index contributed by atoms with van der Waals surface area (Å²) in [5.41, 5.74) is -6.02. The van der Waals surface area contributed by atoms with Crippen LogP contribution in [0.3, 0.4) is 0 Å². The fourth-order valence-electron chi connectivity index (χ4n) is 6.55. The number of allylic oxidation sites excluding steroid dienone is 2. The Hall–Kier alpha value is -5.96. The topological polar surface area (TPSA) is 116 Å². The van der Waals surface area contributed by atoms with E-state index in [9.17, 15) is 53.7 Å². The summed E-state index contributed by atoms with van der Waals surface area (Å²) in [5.74, 6) is 0. The smallest absolute Gasteiger partial charge is 0.219 e. The summed E-state index contributed by atoms with van der Waals surface area (Å²) in [4.78, 5) is -1.08. The summed E-state index contributed by atoms with van der Waals surface area (Å²) >= 11 is 0. The lowest BCUT2D eigenvalue weighted by molar-refractivity contribution is -0.0876. The van der Waals surface area contributed by atoms with Crippen LogP contribution in [0.1, 0.15) is 22.3 Å². The third-order valence-electron chi connectivity index (χ3n) is 8.82. The van der Waals surface area contributed by atoms with Crippen molar-refractivity contribution in [3.05, 3.63) is 143 Å². The summed E-state index contributed by atoms with van der Waals surface area (Å²) in [6.07, 6.45) is -10.6. The van der Waals surface area contributed by atoms with Crippen molar-refractivity contribution in [2.45, 2.75) is 31.9 Å². The minimum absolute atomic E-state index is 0.0445. The van der Waals surface area contributed by atoms with Crippen molar-refractivity contribution in [2.24, 2.45) is 0 Å². The van der Waals surface area contributed by atoms with E-state index in [4.69, 9.17) is 0 Å². The lowest BCUT2D eigenvalue weighted by Gasteiger charge is -2.14. The number of sulfone groups is 2. The van der Waals surface area contributed by atoms with E-state index in [2.05, 4.69) is 0 Å². The highest BCUT2D eigenvalue weighted by atomic mass is 32.2. The second-order valence-electron chi connectivity index (χ2n) is 11.7. The zero-order valence-electron chi connectivity index (χ0n) is 26.0. The molecule has 14 heteroatoms. The lowest BCUT2D eigenvalue weighted by atomic mass is 9.92. The van der Waals surface area contributed by atoms with Gasteiger partial charge in [0.15, 0.2) is 0 Å². The second kappa shape index (κ2) is 11.8. The van der Waals surface area contributed by atoms with Gasteiger partial charge in [-0.3, -0.25) is 0 Å². The molecule has 0 aliphatic heterocycles. The van der Waals surface area contributed by atoms with Crippen LogP contribution in [0.5, 0.6) is 0 Å². The molecule has 6 nitrogen and oxygen atoms in total. The molecule has 5 aromatic carbocycles. The molecule has 2 aliphatic carbocycles. The number of fused-ring (bicyclic) bond motifs is 6.